The van der Waals surface area contributed by atoms with Gasteiger partial charge in [-0.2, -0.15) is 0 Å². The van der Waals surface area contributed by atoms with Crippen molar-refractivity contribution in [1.82, 2.24) is 0 Å². The molecule has 1 rings (SSSR count). The van der Waals surface area contributed by atoms with Crippen molar-refractivity contribution in [2.45, 2.75) is 26.2 Å². The van der Waals surface area contributed by atoms with Crippen LogP contribution in [0.25, 0.3) is 0 Å². The molecule has 0 aromatic heterocycles. The second-order valence-corrected chi connectivity index (χ2v) is 4.73. The van der Waals surface area contributed by atoms with Crippen LogP contribution in [0.3, 0.4) is 0 Å². The van der Waals surface area contributed by atoms with Gasteiger partial charge in [-0.25, -0.2) is 0 Å². The number of hydrogen-bond acceptors (Lipinski definition) is 3. The fraction of sp³-hybridized carbons (Fsp3) is 0.400. The van der Waals surface area contributed by atoms with Crippen molar-refractivity contribution in [3.63, 3.8) is 0 Å². The highest BCUT2D eigenvalue weighted by atomic mass is 79.9. The second kappa shape index (κ2) is 4.18. The van der Waals surface area contributed by atoms with E-state index in [1.165, 1.54) is 6.07 Å². The van der Waals surface area contributed by atoms with Crippen molar-refractivity contribution >= 4 is 27.5 Å². The van der Waals surface area contributed by atoms with Gasteiger partial charge in [0.1, 0.15) is 0 Å². The number of hydrogen-bond donors (Lipinski definition) is 1. The molecule has 4 nitrogen and oxygen atoms in total. The maximum atomic E-state index is 10.9. The molecule has 1 aromatic rings. The zero-order chi connectivity index (χ0) is 11.6. The first kappa shape index (κ1) is 12.0. The zero-order valence-corrected chi connectivity index (χ0v) is 10.5. The van der Waals surface area contributed by atoms with E-state index in [0.717, 1.165) is 5.56 Å². The molecule has 0 aliphatic rings. The van der Waals surface area contributed by atoms with E-state index < -0.39 is 0 Å². The van der Waals surface area contributed by atoms with Gasteiger partial charge in [-0.15, -0.1) is 0 Å². The Morgan fingerprint density at radius 1 is 1.40 bits per heavy atom. The number of nitro benzene ring substituents is 1. The monoisotopic (exact) mass is 272 g/mol. The van der Waals surface area contributed by atoms with E-state index in [0.29, 0.717) is 5.69 Å². The van der Waals surface area contributed by atoms with Gasteiger partial charge in [-0.1, -0.05) is 20.8 Å². The van der Waals surface area contributed by atoms with Gasteiger partial charge in [0.15, 0.2) is 0 Å². The number of benzene rings is 1. The van der Waals surface area contributed by atoms with E-state index in [1.807, 2.05) is 26.8 Å². The molecule has 0 aliphatic heterocycles. The van der Waals surface area contributed by atoms with Gasteiger partial charge < -0.3 is 4.34 Å². The predicted octanol–water partition coefficient (Wildman–Crippen LogP) is 3.61. The molecule has 0 saturated carbocycles. The van der Waals surface area contributed by atoms with Crippen molar-refractivity contribution < 1.29 is 4.92 Å². The predicted molar refractivity (Wildman–Crippen MR) is 64.3 cm³/mol. The Morgan fingerprint density at radius 2 is 2.00 bits per heavy atom. The topological polar surface area (TPSA) is 55.2 Å². The van der Waals surface area contributed by atoms with Crippen LogP contribution in [0.5, 0.6) is 0 Å². The Labute approximate surface area is 97.2 Å². The first-order valence-electron chi connectivity index (χ1n) is 4.52. The molecule has 0 fully saturated rings. The molecule has 0 unspecified atom stereocenters. The molecule has 0 amide bonds. The molecule has 0 aliphatic carbocycles. The van der Waals surface area contributed by atoms with E-state index in [4.69, 9.17) is 0 Å². The normalized spacial score (nSPS) is 11.2. The summed E-state index contributed by atoms with van der Waals surface area (Å²) in [6.45, 7) is 5.86. The third-order valence-electron chi connectivity index (χ3n) is 2.11. The molecule has 0 spiro atoms. The number of rotatable bonds is 2. The summed E-state index contributed by atoms with van der Waals surface area (Å²) in [4.78, 5) is 10.5. The Morgan fingerprint density at radius 3 is 2.40 bits per heavy atom. The van der Waals surface area contributed by atoms with Crippen LogP contribution in [-0.4, -0.2) is 4.92 Å². The smallest absolute Gasteiger partial charge is 0.275 e. The summed E-state index contributed by atoms with van der Waals surface area (Å²) in [6.07, 6.45) is 0. The molecule has 1 aromatic carbocycles. The quantitative estimate of drug-likeness (QED) is 0.508. The minimum Gasteiger partial charge on any atom is -0.322 e. The van der Waals surface area contributed by atoms with Gasteiger partial charge in [0.05, 0.1) is 10.6 Å². The van der Waals surface area contributed by atoms with Crippen LogP contribution in [0.2, 0.25) is 0 Å². The van der Waals surface area contributed by atoms with Crippen LogP contribution >= 0.6 is 16.1 Å². The van der Waals surface area contributed by atoms with Crippen molar-refractivity contribution in [3.8, 4) is 0 Å². The van der Waals surface area contributed by atoms with Gasteiger partial charge in [0.2, 0.25) is 0 Å². The van der Waals surface area contributed by atoms with Gasteiger partial charge in [0, 0.05) is 27.8 Å². The standard InChI is InChI=1S/C10H13BrN2O2/c1-10(2,3)8-5-4-7(12-11)6-9(8)13(14)15/h4-6,12H,1-3H3. The largest absolute Gasteiger partial charge is 0.322 e. The average molecular weight is 273 g/mol. The molecule has 5 heteroatoms. The Bertz CT molecular complexity index is 385. The van der Waals surface area contributed by atoms with Crippen molar-refractivity contribution in [2.75, 3.05) is 4.34 Å². The van der Waals surface area contributed by atoms with E-state index >= 15 is 0 Å². The SMILES string of the molecule is CC(C)(C)c1ccc(NBr)cc1[N+](=O)[O-]. The lowest BCUT2D eigenvalue weighted by Crippen LogP contribution is -2.13. The first-order chi connectivity index (χ1) is 6.86. The lowest BCUT2D eigenvalue weighted by molar-refractivity contribution is -0.385. The lowest BCUT2D eigenvalue weighted by atomic mass is 9.86. The van der Waals surface area contributed by atoms with Crippen LogP contribution in [0.4, 0.5) is 11.4 Å². The van der Waals surface area contributed by atoms with Crippen LogP contribution in [0, 0.1) is 10.1 Å². The summed E-state index contributed by atoms with van der Waals surface area (Å²) < 4.78 is 2.71. The Kier molecular flexibility index (Phi) is 3.34. The summed E-state index contributed by atoms with van der Waals surface area (Å²) in [5.74, 6) is 0. The van der Waals surface area contributed by atoms with Crippen LogP contribution < -0.4 is 4.34 Å². The maximum Gasteiger partial charge on any atom is 0.275 e. The fourth-order valence-electron chi connectivity index (χ4n) is 1.38. The molecular formula is C10H13BrN2O2. The van der Waals surface area contributed by atoms with E-state index in [-0.39, 0.29) is 16.0 Å². The first-order valence-corrected chi connectivity index (χ1v) is 5.31. The highest BCUT2D eigenvalue weighted by Gasteiger charge is 2.24. The molecule has 82 valence electrons. The fourth-order valence-corrected chi connectivity index (χ4v) is 1.62. The highest BCUT2D eigenvalue weighted by molar-refractivity contribution is 9.10. The summed E-state index contributed by atoms with van der Waals surface area (Å²) in [5.41, 5.74) is 1.33. The van der Waals surface area contributed by atoms with E-state index in [2.05, 4.69) is 20.5 Å². The van der Waals surface area contributed by atoms with Gasteiger partial charge >= 0.3 is 0 Å². The summed E-state index contributed by atoms with van der Waals surface area (Å²) in [5, 5.41) is 10.9. The molecule has 0 radical (unpaired) electrons. The van der Waals surface area contributed by atoms with Crippen LogP contribution in [0.1, 0.15) is 26.3 Å². The van der Waals surface area contributed by atoms with Crippen molar-refractivity contribution in [3.05, 3.63) is 33.9 Å². The van der Waals surface area contributed by atoms with Gasteiger partial charge in [-0.3, -0.25) is 10.1 Å². The summed E-state index contributed by atoms with van der Waals surface area (Å²) >= 11 is 3.04. The van der Waals surface area contributed by atoms with Crippen LogP contribution in [-0.2, 0) is 5.41 Å². The minimum absolute atomic E-state index is 0.145. The Hall–Kier alpha value is -1.10. The number of nitrogens with zero attached hydrogens (tertiary/aromatic N) is 1. The second-order valence-electron chi connectivity index (χ2n) is 4.33. The van der Waals surface area contributed by atoms with Gasteiger partial charge in [-0.05, 0) is 17.5 Å². The zero-order valence-electron chi connectivity index (χ0n) is 8.87. The maximum absolute atomic E-state index is 10.9. The van der Waals surface area contributed by atoms with E-state index in [9.17, 15) is 10.1 Å². The molecule has 15 heavy (non-hydrogen) atoms. The molecule has 0 saturated heterocycles. The molecule has 0 atom stereocenters. The molecule has 0 heterocycles. The van der Waals surface area contributed by atoms with Crippen molar-refractivity contribution in [1.29, 1.82) is 0 Å². The molecular weight excluding hydrogens is 260 g/mol. The van der Waals surface area contributed by atoms with Crippen molar-refractivity contribution in [2.24, 2.45) is 0 Å². The summed E-state index contributed by atoms with van der Waals surface area (Å²) in [6, 6.07) is 5.11. The third kappa shape index (κ3) is 2.68. The number of nitro groups is 1. The highest BCUT2D eigenvalue weighted by Crippen LogP contribution is 2.33. The Balaban J connectivity index is 3.34. The number of nitrogens with one attached hydrogen (secondary N) is 1. The third-order valence-corrected chi connectivity index (χ3v) is 2.57. The van der Waals surface area contributed by atoms with E-state index in [1.54, 1.807) is 6.07 Å². The minimum atomic E-state index is -0.353. The van der Waals surface area contributed by atoms with Crippen LogP contribution in [0.15, 0.2) is 18.2 Å². The molecule has 1 N–H and O–H groups in total. The summed E-state index contributed by atoms with van der Waals surface area (Å²) in [7, 11) is 0. The number of anilines is 1. The van der Waals surface area contributed by atoms with Gasteiger partial charge in [0.25, 0.3) is 5.69 Å². The number of halogens is 1. The average Bonchev–Trinajstić information content (AvgIpc) is 2.15. The lowest BCUT2D eigenvalue weighted by Gasteiger charge is -2.19. The molecule has 0 bridgehead atoms.